The van der Waals surface area contributed by atoms with Crippen molar-refractivity contribution in [1.82, 2.24) is 10.2 Å². The Balaban J connectivity index is 1.70. The Bertz CT molecular complexity index is 436. The molecule has 0 bridgehead atoms. The van der Waals surface area contributed by atoms with Gasteiger partial charge in [-0.05, 0) is 56.0 Å². The van der Waals surface area contributed by atoms with Gasteiger partial charge >= 0.3 is 0 Å². The molecule has 1 saturated carbocycles. The van der Waals surface area contributed by atoms with E-state index in [2.05, 4.69) is 5.32 Å². The van der Waals surface area contributed by atoms with Crippen LogP contribution in [0.25, 0.3) is 0 Å². The molecular formula is C13H17ClN2O2. The van der Waals surface area contributed by atoms with Gasteiger partial charge in [0.2, 0.25) is 0 Å². The van der Waals surface area contributed by atoms with Crippen LogP contribution in [0.3, 0.4) is 0 Å². The van der Waals surface area contributed by atoms with E-state index in [0.29, 0.717) is 17.8 Å². The SMILES string of the molecule is O=C(c1ccc(Cl)o1)N(CC1CCCN1)C1CC1. The molecule has 1 aliphatic heterocycles. The van der Waals surface area contributed by atoms with E-state index in [-0.39, 0.29) is 11.1 Å². The Morgan fingerprint density at radius 3 is 2.83 bits per heavy atom. The Kier molecular flexibility index (Phi) is 3.31. The van der Waals surface area contributed by atoms with E-state index in [0.717, 1.165) is 32.4 Å². The number of amides is 1. The van der Waals surface area contributed by atoms with Gasteiger partial charge < -0.3 is 14.6 Å². The number of rotatable bonds is 4. The Labute approximate surface area is 111 Å². The number of hydrogen-bond donors (Lipinski definition) is 1. The van der Waals surface area contributed by atoms with Crippen molar-refractivity contribution in [2.45, 2.75) is 37.8 Å². The van der Waals surface area contributed by atoms with Crippen molar-refractivity contribution in [1.29, 1.82) is 0 Å². The summed E-state index contributed by atoms with van der Waals surface area (Å²) in [6.07, 6.45) is 4.55. The lowest BCUT2D eigenvalue weighted by Crippen LogP contribution is -2.42. The lowest BCUT2D eigenvalue weighted by Gasteiger charge is -2.24. The maximum Gasteiger partial charge on any atom is 0.289 e. The van der Waals surface area contributed by atoms with Gasteiger partial charge in [0.25, 0.3) is 5.91 Å². The Morgan fingerprint density at radius 2 is 2.28 bits per heavy atom. The lowest BCUT2D eigenvalue weighted by molar-refractivity contribution is 0.0696. The predicted molar refractivity (Wildman–Crippen MR) is 68.8 cm³/mol. The minimum Gasteiger partial charge on any atom is -0.440 e. The second-order valence-corrected chi connectivity index (χ2v) is 5.46. The van der Waals surface area contributed by atoms with Gasteiger partial charge in [-0.2, -0.15) is 0 Å². The average molecular weight is 269 g/mol. The van der Waals surface area contributed by atoms with Crippen molar-refractivity contribution in [3.8, 4) is 0 Å². The van der Waals surface area contributed by atoms with Crippen molar-refractivity contribution >= 4 is 17.5 Å². The monoisotopic (exact) mass is 268 g/mol. The zero-order valence-corrected chi connectivity index (χ0v) is 10.9. The second kappa shape index (κ2) is 4.94. The number of carbonyl (C=O) groups is 1. The normalized spacial score (nSPS) is 23.3. The molecule has 0 radical (unpaired) electrons. The Hall–Kier alpha value is -1.00. The molecule has 1 amide bonds. The number of hydrogen-bond acceptors (Lipinski definition) is 3. The largest absolute Gasteiger partial charge is 0.440 e. The van der Waals surface area contributed by atoms with Crippen molar-refractivity contribution in [2.75, 3.05) is 13.1 Å². The average Bonchev–Trinajstić information content (AvgIpc) is 2.88. The number of carbonyl (C=O) groups excluding carboxylic acids is 1. The summed E-state index contributed by atoms with van der Waals surface area (Å²) < 4.78 is 5.22. The maximum absolute atomic E-state index is 12.4. The molecule has 1 aromatic rings. The molecule has 1 atom stereocenters. The third kappa shape index (κ3) is 2.54. The van der Waals surface area contributed by atoms with Gasteiger partial charge in [0.15, 0.2) is 11.0 Å². The van der Waals surface area contributed by atoms with E-state index in [1.807, 2.05) is 4.90 Å². The van der Waals surface area contributed by atoms with Crippen LogP contribution in [0.1, 0.15) is 36.2 Å². The summed E-state index contributed by atoms with van der Waals surface area (Å²) in [6, 6.07) is 4.10. The first-order valence-electron chi connectivity index (χ1n) is 6.54. The summed E-state index contributed by atoms with van der Waals surface area (Å²) in [5.74, 6) is 0.322. The molecule has 98 valence electrons. The number of nitrogens with one attached hydrogen (secondary N) is 1. The molecule has 1 N–H and O–H groups in total. The summed E-state index contributed by atoms with van der Waals surface area (Å²) in [4.78, 5) is 14.3. The van der Waals surface area contributed by atoms with E-state index in [9.17, 15) is 4.79 Å². The van der Waals surface area contributed by atoms with Gasteiger partial charge in [0, 0.05) is 18.6 Å². The van der Waals surface area contributed by atoms with E-state index in [1.54, 1.807) is 12.1 Å². The standard InChI is InChI=1S/C13H17ClN2O2/c14-12-6-5-11(18-12)13(17)16(10-3-4-10)8-9-2-1-7-15-9/h5-6,9-10,15H,1-4,7-8H2. The number of halogens is 1. The summed E-state index contributed by atoms with van der Waals surface area (Å²) in [5, 5.41) is 3.70. The molecule has 2 fully saturated rings. The first-order valence-corrected chi connectivity index (χ1v) is 6.91. The first-order chi connectivity index (χ1) is 8.74. The summed E-state index contributed by atoms with van der Waals surface area (Å²) in [5.41, 5.74) is 0. The van der Waals surface area contributed by atoms with Crippen molar-refractivity contribution in [2.24, 2.45) is 0 Å². The second-order valence-electron chi connectivity index (χ2n) is 5.09. The molecule has 0 spiro atoms. The first kappa shape index (κ1) is 12.1. The summed E-state index contributed by atoms with van der Waals surface area (Å²) in [6.45, 7) is 1.84. The minimum atomic E-state index is -0.0295. The molecule has 3 rings (SSSR count). The smallest absolute Gasteiger partial charge is 0.289 e. The third-order valence-corrected chi connectivity index (χ3v) is 3.82. The molecule has 1 unspecified atom stereocenters. The number of nitrogens with zero attached hydrogens (tertiary/aromatic N) is 1. The fourth-order valence-corrected chi connectivity index (χ4v) is 2.65. The van der Waals surface area contributed by atoms with Crippen LogP contribution in [0, 0.1) is 0 Å². The fraction of sp³-hybridized carbons (Fsp3) is 0.615. The fourth-order valence-electron chi connectivity index (χ4n) is 2.50. The molecule has 2 heterocycles. The van der Waals surface area contributed by atoms with Crippen molar-refractivity contribution < 1.29 is 9.21 Å². The number of furan rings is 1. The van der Waals surface area contributed by atoms with Crippen molar-refractivity contribution in [3.05, 3.63) is 23.1 Å². The molecule has 18 heavy (non-hydrogen) atoms. The zero-order valence-electron chi connectivity index (χ0n) is 10.2. The van der Waals surface area contributed by atoms with Gasteiger partial charge in [-0.15, -0.1) is 0 Å². The molecule has 4 nitrogen and oxygen atoms in total. The highest BCUT2D eigenvalue weighted by Gasteiger charge is 2.36. The van der Waals surface area contributed by atoms with Crippen LogP contribution in [0.5, 0.6) is 0 Å². The van der Waals surface area contributed by atoms with Gasteiger partial charge in [-0.25, -0.2) is 0 Å². The van der Waals surface area contributed by atoms with Crippen LogP contribution in [0.4, 0.5) is 0 Å². The minimum absolute atomic E-state index is 0.0295. The van der Waals surface area contributed by atoms with Gasteiger partial charge in [0.1, 0.15) is 0 Å². The third-order valence-electron chi connectivity index (χ3n) is 3.61. The van der Waals surface area contributed by atoms with Crippen LogP contribution >= 0.6 is 11.6 Å². The van der Waals surface area contributed by atoms with Crippen LogP contribution in [0.15, 0.2) is 16.5 Å². The molecule has 1 aliphatic carbocycles. The van der Waals surface area contributed by atoms with Gasteiger partial charge in [-0.3, -0.25) is 4.79 Å². The van der Waals surface area contributed by atoms with E-state index in [4.69, 9.17) is 16.0 Å². The van der Waals surface area contributed by atoms with Crippen LogP contribution < -0.4 is 5.32 Å². The van der Waals surface area contributed by atoms with E-state index >= 15 is 0 Å². The zero-order chi connectivity index (χ0) is 12.5. The molecule has 5 heteroatoms. The van der Waals surface area contributed by atoms with Crippen LogP contribution in [-0.4, -0.2) is 36.0 Å². The quantitative estimate of drug-likeness (QED) is 0.911. The predicted octanol–water partition coefficient (Wildman–Crippen LogP) is 2.29. The van der Waals surface area contributed by atoms with E-state index in [1.165, 1.54) is 6.42 Å². The maximum atomic E-state index is 12.4. The molecule has 1 saturated heterocycles. The summed E-state index contributed by atoms with van der Waals surface area (Å²) >= 11 is 5.72. The molecule has 2 aliphatic rings. The Morgan fingerprint density at radius 1 is 1.44 bits per heavy atom. The van der Waals surface area contributed by atoms with Gasteiger partial charge in [0.05, 0.1) is 0 Å². The van der Waals surface area contributed by atoms with Crippen molar-refractivity contribution in [3.63, 3.8) is 0 Å². The van der Waals surface area contributed by atoms with E-state index < -0.39 is 0 Å². The van der Waals surface area contributed by atoms with Crippen LogP contribution in [-0.2, 0) is 0 Å². The highest BCUT2D eigenvalue weighted by Crippen LogP contribution is 2.29. The lowest BCUT2D eigenvalue weighted by atomic mass is 10.2. The molecular weight excluding hydrogens is 252 g/mol. The summed E-state index contributed by atoms with van der Waals surface area (Å²) in [7, 11) is 0. The highest BCUT2D eigenvalue weighted by atomic mass is 35.5. The van der Waals surface area contributed by atoms with Gasteiger partial charge in [-0.1, -0.05) is 0 Å². The topological polar surface area (TPSA) is 45.5 Å². The highest BCUT2D eigenvalue weighted by molar-refractivity contribution is 6.29. The molecule has 0 aromatic carbocycles. The van der Waals surface area contributed by atoms with Crippen LogP contribution in [0.2, 0.25) is 5.22 Å². The molecule has 1 aromatic heterocycles.